The van der Waals surface area contributed by atoms with Crippen LogP contribution in [0.3, 0.4) is 0 Å². The Labute approximate surface area is 99.0 Å². The molecule has 1 aromatic rings. The number of nitrogens with zero attached hydrogens (tertiary/aromatic N) is 1. The van der Waals surface area contributed by atoms with Crippen molar-refractivity contribution >= 4 is 15.9 Å². The molecule has 0 bridgehead atoms. The minimum absolute atomic E-state index is 0.126. The predicted molar refractivity (Wildman–Crippen MR) is 64.8 cm³/mol. The molecule has 0 saturated carbocycles. The van der Waals surface area contributed by atoms with Crippen LogP contribution in [0.1, 0.15) is 17.5 Å². The average Bonchev–Trinajstić information content (AvgIpc) is 2.58. The zero-order valence-electron chi connectivity index (χ0n) is 8.91. The van der Waals surface area contributed by atoms with E-state index in [0.29, 0.717) is 0 Å². The van der Waals surface area contributed by atoms with E-state index in [1.165, 1.54) is 15.6 Å². The van der Waals surface area contributed by atoms with Gasteiger partial charge in [-0.05, 0) is 30.5 Å². The first-order chi connectivity index (χ1) is 7.15. The van der Waals surface area contributed by atoms with Crippen molar-refractivity contribution in [3.8, 4) is 0 Å². The van der Waals surface area contributed by atoms with Crippen LogP contribution in [0.4, 0.5) is 0 Å². The zero-order valence-corrected chi connectivity index (χ0v) is 10.5. The molecule has 0 amide bonds. The number of likely N-dealkylation sites (tertiary alicyclic amines) is 1. The summed E-state index contributed by atoms with van der Waals surface area (Å²) in [4.78, 5) is 2.29. The highest BCUT2D eigenvalue weighted by Gasteiger charge is 2.19. The molecule has 1 heterocycles. The van der Waals surface area contributed by atoms with Crippen LogP contribution in [-0.2, 0) is 6.54 Å². The van der Waals surface area contributed by atoms with Crippen LogP contribution >= 0.6 is 15.9 Å². The smallest absolute Gasteiger partial charge is 0.0679 e. The Morgan fingerprint density at radius 3 is 2.93 bits per heavy atom. The van der Waals surface area contributed by atoms with E-state index >= 15 is 0 Å². The highest BCUT2D eigenvalue weighted by Crippen LogP contribution is 2.20. The summed E-state index contributed by atoms with van der Waals surface area (Å²) in [7, 11) is 0. The first-order valence-electron chi connectivity index (χ1n) is 5.30. The van der Waals surface area contributed by atoms with Gasteiger partial charge in [0.2, 0.25) is 0 Å². The largest absolute Gasteiger partial charge is 0.392 e. The number of aliphatic hydroxyl groups is 1. The third-order valence-electron chi connectivity index (χ3n) is 2.89. The number of rotatable bonds is 2. The van der Waals surface area contributed by atoms with Crippen LogP contribution in [0, 0.1) is 6.92 Å². The molecule has 1 saturated heterocycles. The van der Waals surface area contributed by atoms with Crippen LogP contribution < -0.4 is 0 Å². The fraction of sp³-hybridized carbons (Fsp3) is 0.500. The number of aryl methyl sites for hydroxylation is 1. The Morgan fingerprint density at radius 1 is 1.53 bits per heavy atom. The summed E-state index contributed by atoms with van der Waals surface area (Å²) in [5, 5.41) is 9.43. The van der Waals surface area contributed by atoms with Gasteiger partial charge in [0.25, 0.3) is 0 Å². The fourth-order valence-corrected chi connectivity index (χ4v) is 2.37. The fourth-order valence-electron chi connectivity index (χ4n) is 1.95. The van der Waals surface area contributed by atoms with Crippen molar-refractivity contribution in [3.05, 3.63) is 33.8 Å². The molecule has 1 atom stereocenters. The summed E-state index contributed by atoms with van der Waals surface area (Å²) in [6.45, 7) is 4.85. The minimum atomic E-state index is -0.126. The SMILES string of the molecule is Cc1ccc(CN2CCC(O)C2)cc1Br. The summed E-state index contributed by atoms with van der Waals surface area (Å²) in [6, 6.07) is 6.46. The second kappa shape index (κ2) is 4.64. The molecule has 1 fully saturated rings. The third kappa shape index (κ3) is 2.80. The van der Waals surface area contributed by atoms with Crippen LogP contribution in [0.5, 0.6) is 0 Å². The zero-order chi connectivity index (χ0) is 10.8. The van der Waals surface area contributed by atoms with Gasteiger partial charge < -0.3 is 5.11 Å². The molecule has 2 rings (SSSR count). The van der Waals surface area contributed by atoms with Gasteiger partial charge >= 0.3 is 0 Å². The quantitative estimate of drug-likeness (QED) is 0.891. The van der Waals surface area contributed by atoms with Gasteiger partial charge in [-0.1, -0.05) is 28.1 Å². The highest BCUT2D eigenvalue weighted by molar-refractivity contribution is 9.10. The molecule has 2 nitrogen and oxygen atoms in total. The van der Waals surface area contributed by atoms with Gasteiger partial charge in [-0.25, -0.2) is 0 Å². The molecule has 82 valence electrons. The summed E-state index contributed by atoms with van der Waals surface area (Å²) in [5.41, 5.74) is 2.57. The summed E-state index contributed by atoms with van der Waals surface area (Å²) >= 11 is 3.54. The van der Waals surface area contributed by atoms with Gasteiger partial charge in [0.15, 0.2) is 0 Å². The highest BCUT2D eigenvalue weighted by atomic mass is 79.9. The van der Waals surface area contributed by atoms with Crippen molar-refractivity contribution < 1.29 is 5.11 Å². The molecule has 15 heavy (non-hydrogen) atoms. The van der Waals surface area contributed by atoms with Gasteiger partial charge in [-0.3, -0.25) is 4.90 Å². The van der Waals surface area contributed by atoms with Gasteiger partial charge in [0, 0.05) is 24.1 Å². The summed E-state index contributed by atoms with van der Waals surface area (Å²) < 4.78 is 1.17. The minimum Gasteiger partial charge on any atom is -0.392 e. The van der Waals surface area contributed by atoms with E-state index in [2.05, 4.69) is 46.0 Å². The van der Waals surface area contributed by atoms with Gasteiger partial charge in [0.05, 0.1) is 6.10 Å². The van der Waals surface area contributed by atoms with E-state index < -0.39 is 0 Å². The lowest BCUT2D eigenvalue weighted by Gasteiger charge is -2.15. The van der Waals surface area contributed by atoms with Crippen molar-refractivity contribution in [3.63, 3.8) is 0 Å². The molecule has 0 aliphatic carbocycles. The molecular formula is C12H16BrNO. The van der Waals surface area contributed by atoms with Crippen LogP contribution in [0.15, 0.2) is 22.7 Å². The maximum absolute atomic E-state index is 9.43. The lowest BCUT2D eigenvalue weighted by atomic mass is 10.1. The third-order valence-corrected chi connectivity index (χ3v) is 3.74. The Bertz CT molecular complexity index is 353. The van der Waals surface area contributed by atoms with E-state index in [4.69, 9.17) is 0 Å². The molecule has 1 unspecified atom stereocenters. The van der Waals surface area contributed by atoms with E-state index in [0.717, 1.165) is 26.1 Å². The summed E-state index contributed by atoms with van der Waals surface area (Å²) in [5.74, 6) is 0. The van der Waals surface area contributed by atoms with E-state index in [9.17, 15) is 5.11 Å². The maximum Gasteiger partial charge on any atom is 0.0679 e. The van der Waals surface area contributed by atoms with Crippen molar-refractivity contribution in [1.82, 2.24) is 4.90 Å². The lowest BCUT2D eigenvalue weighted by Crippen LogP contribution is -2.21. The van der Waals surface area contributed by atoms with Gasteiger partial charge in [-0.2, -0.15) is 0 Å². The van der Waals surface area contributed by atoms with Crippen molar-refractivity contribution in [1.29, 1.82) is 0 Å². The van der Waals surface area contributed by atoms with Crippen LogP contribution in [-0.4, -0.2) is 29.2 Å². The molecule has 0 aromatic heterocycles. The average molecular weight is 270 g/mol. The Balaban J connectivity index is 2.02. The van der Waals surface area contributed by atoms with Gasteiger partial charge in [-0.15, -0.1) is 0 Å². The number of hydrogen-bond donors (Lipinski definition) is 1. The molecular weight excluding hydrogens is 254 g/mol. The normalized spacial score (nSPS) is 22.2. The van der Waals surface area contributed by atoms with Crippen molar-refractivity contribution in [2.75, 3.05) is 13.1 Å². The number of aliphatic hydroxyl groups excluding tert-OH is 1. The predicted octanol–water partition coefficient (Wildman–Crippen LogP) is 2.32. The topological polar surface area (TPSA) is 23.5 Å². The first-order valence-corrected chi connectivity index (χ1v) is 6.10. The van der Waals surface area contributed by atoms with Crippen molar-refractivity contribution in [2.45, 2.75) is 26.0 Å². The number of hydrogen-bond acceptors (Lipinski definition) is 2. The molecule has 3 heteroatoms. The number of halogens is 1. The second-order valence-electron chi connectivity index (χ2n) is 4.26. The molecule has 1 aliphatic heterocycles. The van der Waals surface area contributed by atoms with E-state index in [1.54, 1.807) is 0 Å². The Hall–Kier alpha value is -0.380. The monoisotopic (exact) mass is 269 g/mol. The standard InChI is InChI=1S/C12H16BrNO/c1-9-2-3-10(6-12(9)13)7-14-5-4-11(15)8-14/h2-3,6,11,15H,4-5,7-8H2,1H3. The molecule has 0 radical (unpaired) electrons. The molecule has 1 aliphatic rings. The molecule has 0 spiro atoms. The molecule has 1 aromatic carbocycles. The molecule has 1 N–H and O–H groups in total. The Kier molecular flexibility index (Phi) is 3.44. The van der Waals surface area contributed by atoms with Gasteiger partial charge in [0.1, 0.15) is 0 Å². The Morgan fingerprint density at radius 2 is 2.33 bits per heavy atom. The second-order valence-corrected chi connectivity index (χ2v) is 5.12. The first kappa shape index (κ1) is 11.1. The van der Waals surface area contributed by atoms with Crippen molar-refractivity contribution in [2.24, 2.45) is 0 Å². The van der Waals surface area contributed by atoms with E-state index in [-0.39, 0.29) is 6.10 Å². The van der Waals surface area contributed by atoms with Crippen LogP contribution in [0.25, 0.3) is 0 Å². The lowest BCUT2D eigenvalue weighted by molar-refractivity contribution is 0.175. The van der Waals surface area contributed by atoms with E-state index in [1.807, 2.05) is 0 Å². The number of β-amino-alcohol motifs (C(OH)–C–C–N with tert-alkyl or cyclic N) is 1. The maximum atomic E-state index is 9.43. The summed E-state index contributed by atoms with van der Waals surface area (Å²) in [6.07, 6.45) is 0.784. The van der Waals surface area contributed by atoms with Crippen LogP contribution in [0.2, 0.25) is 0 Å². The number of benzene rings is 1.